The molecule has 1 rings (SSSR count). The zero-order valence-electron chi connectivity index (χ0n) is 13.3. The number of rotatable bonds is 11. The van der Waals surface area contributed by atoms with Crippen LogP contribution in [0.1, 0.15) is 12.5 Å². The van der Waals surface area contributed by atoms with E-state index in [9.17, 15) is 9.59 Å². The molecule has 0 aliphatic rings. The minimum Gasteiger partial charge on any atom is -0.464 e. The maximum absolute atomic E-state index is 11.4. The predicted octanol–water partition coefficient (Wildman–Crippen LogP) is 1.51. The van der Waals surface area contributed by atoms with Crippen LogP contribution in [-0.4, -0.2) is 51.6 Å². The molecule has 0 aliphatic heterocycles. The largest absolute Gasteiger partial charge is 0.464 e. The van der Waals surface area contributed by atoms with Crippen LogP contribution in [0.3, 0.4) is 0 Å². The van der Waals surface area contributed by atoms with E-state index in [1.807, 2.05) is 30.3 Å². The van der Waals surface area contributed by atoms with Crippen molar-refractivity contribution in [1.29, 1.82) is 0 Å². The summed E-state index contributed by atoms with van der Waals surface area (Å²) in [5.74, 6) is -0.393. The summed E-state index contributed by atoms with van der Waals surface area (Å²) in [4.78, 5) is 22.4. The Kier molecular flexibility index (Phi) is 10.2. The van der Waals surface area contributed by atoms with Crippen molar-refractivity contribution in [3.63, 3.8) is 0 Å². The van der Waals surface area contributed by atoms with Crippen molar-refractivity contribution in [2.24, 2.45) is 0 Å². The summed E-state index contributed by atoms with van der Waals surface area (Å²) in [6, 6.07) is 9.43. The highest BCUT2D eigenvalue weighted by Gasteiger charge is 2.02. The third-order valence-corrected chi connectivity index (χ3v) is 2.63. The van der Waals surface area contributed by atoms with Gasteiger partial charge in [-0.1, -0.05) is 30.3 Å². The van der Waals surface area contributed by atoms with Gasteiger partial charge in [-0.25, -0.2) is 9.59 Å². The molecular weight excluding hydrogens is 302 g/mol. The number of alkyl carbamates (subject to hydrolysis) is 1. The number of carbonyl (C=O) groups excluding carboxylic acids is 2. The van der Waals surface area contributed by atoms with Crippen molar-refractivity contribution >= 4 is 12.1 Å². The Bertz CT molecular complexity index is 451. The minimum atomic E-state index is -0.490. The summed E-state index contributed by atoms with van der Waals surface area (Å²) in [6.45, 7) is 3.52. The summed E-state index contributed by atoms with van der Waals surface area (Å²) in [5.41, 5.74) is 0.928. The molecule has 0 spiro atoms. The lowest BCUT2D eigenvalue weighted by Gasteiger charge is -2.08. The fourth-order valence-corrected chi connectivity index (χ4v) is 1.58. The van der Waals surface area contributed by atoms with Gasteiger partial charge in [0.15, 0.2) is 0 Å². The molecule has 23 heavy (non-hydrogen) atoms. The normalized spacial score (nSPS) is 10.1. The first-order valence-electron chi connectivity index (χ1n) is 7.48. The molecule has 7 heteroatoms. The zero-order chi connectivity index (χ0) is 16.8. The third-order valence-electron chi connectivity index (χ3n) is 2.63. The predicted molar refractivity (Wildman–Crippen MR) is 82.9 cm³/mol. The molecule has 0 radical (unpaired) electrons. The van der Waals surface area contributed by atoms with Crippen LogP contribution < -0.4 is 5.32 Å². The maximum Gasteiger partial charge on any atom is 0.407 e. The van der Waals surface area contributed by atoms with Gasteiger partial charge >= 0.3 is 12.1 Å². The maximum atomic E-state index is 11.4. The Labute approximate surface area is 135 Å². The van der Waals surface area contributed by atoms with Crippen LogP contribution >= 0.6 is 0 Å². The topological polar surface area (TPSA) is 83.1 Å². The zero-order valence-corrected chi connectivity index (χ0v) is 13.3. The summed E-state index contributed by atoms with van der Waals surface area (Å²) in [5, 5.41) is 2.58. The van der Waals surface area contributed by atoms with E-state index in [1.54, 1.807) is 6.92 Å². The molecule has 0 saturated heterocycles. The Hall–Kier alpha value is -2.12. The van der Waals surface area contributed by atoms with E-state index in [4.69, 9.17) is 18.9 Å². The van der Waals surface area contributed by atoms with Crippen molar-refractivity contribution in [2.75, 3.05) is 39.6 Å². The molecule has 128 valence electrons. The van der Waals surface area contributed by atoms with E-state index >= 15 is 0 Å². The molecule has 0 aliphatic carbocycles. The van der Waals surface area contributed by atoms with E-state index in [2.05, 4.69) is 5.32 Å². The summed E-state index contributed by atoms with van der Waals surface area (Å²) < 4.78 is 20.0. The second-order valence-corrected chi connectivity index (χ2v) is 4.46. The average molecular weight is 325 g/mol. The van der Waals surface area contributed by atoms with E-state index in [-0.39, 0.29) is 19.8 Å². The summed E-state index contributed by atoms with van der Waals surface area (Å²) in [6.07, 6.45) is -0.490. The Morgan fingerprint density at radius 1 is 1.00 bits per heavy atom. The van der Waals surface area contributed by atoms with Crippen molar-refractivity contribution in [3.05, 3.63) is 35.9 Å². The molecule has 1 N–H and O–H groups in total. The van der Waals surface area contributed by atoms with E-state index in [0.717, 1.165) is 5.56 Å². The van der Waals surface area contributed by atoms with Crippen LogP contribution in [0.5, 0.6) is 0 Å². The van der Waals surface area contributed by atoms with Crippen molar-refractivity contribution in [3.8, 4) is 0 Å². The number of nitrogens with one attached hydrogen (secondary N) is 1. The van der Waals surface area contributed by atoms with Crippen molar-refractivity contribution in [2.45, 2.75) is 13.5 Å². The van der Waals surface area contributed by atoms with Gasteiger partial charge in [-0.15, -0.1) is 0 Å². The van der Waals surface area contributed by atoms with Crippen LogP contribution in [0.2, 0.25) is 0 Å². The van der Waals surface area contributed by atoms with Crippen molar-refractivity contribution < 1.29 is 28.5 Å². The number of hydrogen-bond donors (Lipinski definition) is 1. The molecule has 1 aromatic rings. The Morgan fingerprint density at radius 2 is 1.74 bits per heavy atom. The SMILES string of the molecule is CCOC(=O)COCCOCCNC(=O)OCc1ccccc1. The van der Waals surface area contributed by atoms with Crippen LogP contribution in [0.25, 0.3) is 0 Å². The number of hydrogen-bond acceptors (Lipinski definition) is 6. The quantitative estimate of drug-likeness (QED) is 0.490. The van der Waals surface area contributed by atoms with Crippen LogP contribution in [0.15, 0.2) is 30.3 Å². The molecule has 7 nitrogen and oxygen atoms in total. The van der Waals surface area contributed by atoms with Gasteiger partial charge in [0.25, 0.3) is 0 Å². The summed E-state index contributed by atoms with van der Waals surface area (Å²) in [7, 11) is 0. The molecule has 0 atom stereocenters. The van der Waals surface area contributed by atoms with E-state index in [1.165, 1.54) is 0 Å². The lowest BCUT2D eigenvalue weighted by Crippen LogP contribution is -2.28. The lowest BCUT2D eigenvalue weighted by molar-refractivity contribution is -0.148. The summed E-state index contributed by atoms with van der Waals surface area (Å²) >= 11 is 0. The van der Waals surface area contributed by atoms with Gasteiger partial charge in [0, 0.05) is 6.54 Å². The number of esters is 1. The number of amides is 1. The molecule has 0 saturated carbocycles. The van der Waals surface area contributed by atoms with Crippen molar-refractivity contribution in [1.82, 2.24) is 5.32 Å². The van der Waals surface area contributed by atoms with E-state index in [0.29, 0.717) is 26.4 Å². The molecule has 0 bridgehead atoms. The van der Waals surface area contributed by atoms with Crippen LogP contribution in [-0.2, 0) is 30.3 Å². The smallest absolute Gasteiger partial charge is 0.407 e. The Balaban J connectivity index is 1.90. The van der Waals surface area contributed by atoms with Gasteiger partial charge in [0.05, 0.1) is 26.4 Å². The van der Waals surface area contributed by atoms with Gasteiger partial charge in [-0.05, 0) is 12.5 Å². The van der Waals surface area contributed by atoms with Crippen LogP contribution in [0.4, 0.5) is 4.79 Å². The highest BCUT2D eigenvalue weighted by atomic mass is 16.6. The van der Waals surface area contributed by atoms with Gasteiger partial charge in [0.2, 0.25) is 0 Å². The monoisotopic (exact) mass is 325 g/mol. The highest BCUT2D eigenvalue weighted by Crippen LogP contribution is 2.00. The molecular formula is C16H23NO6. The molecule has 1 aromatic carbocycles. The molecule has 1 amide bonds. The molecule has 0 fully saturated rings. The minimum absolute atomic E-state index is 0.0821. The van der Waals surface area contributed by atoms with Gasteiger partial charge in [0.1, 0.15) is 13.2 Å². The second-order valence-electron chi connectivity index (χ2n) is 4.46. The fraction of sp³-hybridized carbons (Fsp3) is 0.500. The number of carbonyl (C=O) groups is 2. The molecule has 0 aromatic heterocycles. The molecule has 0 unspecified atom stereocenters. The number of benzene rings is 1. The first kappa shape index (κ1) is 18.9. The highest BCUT2D eigenvalue weighted by molar-refractivity contribution is 5.70. The third kappa shape index (κ3) is 10.3. The fourth-order valence-electron chi connectivity index (χ4n) is 1.58. The van der Waals surface area contributed by atoms with Crippen LogP contribution in [0, 0.1) is 0 Å². The number of ether oxygens (including phenoxy) is 4. The lowest BCUT2D eigenvalue weighted by atomic mass is 10.2. The first-order valence-corrected chi connectivity index (χ1v) is 7.48. The standard InChI is InChI=1S/C16H23NO6/c1-2-22-15(18)13-21-11-10-20-9-8-17-16(19)23-12-14-6-4-3-5-7-14/h3-7H,2,8-13H2,1H3,(H,17,19). The average Bonchev–Trinajstić information content (AvgIpc) is 2.56. The van der Waals surface area contributed by atoms with E-state index < -0.39 is 12.1 Å². The van der Waals surface area contributed by atoms with Gasteiger partial charge in [-0.3, -0.25) is 0 Å². The Morgan fingerprint density at radius 3 is 2.48 bits per heavy atom. The first-order chi connectivity index (χ1) is 11.2. The second kappa shape index (κ2) is 12.4. The van der Waals surface area contributed by atoms with Gasteiger partial charge in [-0.2, -0.15) is 0 Å². The van der Waals surface area contributed by atoms with Gasteiger partial charge < -0.3 is 24.3 Å². The molecule has 0 heterocycles.